The Hall–Kier alpha value is -2.08. The largest absolute Gasteiger partial charge is 0.491 e. The second-order valence-electron chi connectivity index (χ2n) is 6.11. The molecule has 0 aliphatic heterocycles. The van der Waals surface area contributed by atoms with E-state index in [-0.39, 0.29) is 6.61 Å². The maximum Gasteiger partial charge on any atom is 0.122 e. The molecule has 3 rings (SSSR count). The lowest BCUT2D eigenvalue weighted by Crippen LogP contribution is -2.35. The van der Waals surface area contributed by atoms with Crippen molar-refractivity contribution in [1.82, 2.24) is 4.90 Å². The minimum Gasteiger partial charge on any atom is -0.491 e. The van der Waals surface area contributed by atoms with Crippen molar-refractivity contribution in [2.45, 2.75) is 26.1 Å². The summed E-state index contributed by atoms with van der Waals surface area (Å²) in [6.07, 6.45) is 1.10. The first-order chi connectivity index (χ1) is 12.2. The number of hydrogen-bond donors (Lipinski definition) is 1. The summed E-state index contributed by atoms with van der Waals surface area (Å²) < 4.78 is 11.2. The van der Waals surface area contributed by atoms with Gasteiger partial charge < -0.3 is 14.3 Å². The van der Waals surface area contributed by atoms with Crippen molar-refractivity contribution in [3.63, 3.8) is 0 Å². The molecule has 1 atom stereocenters. The van der Waals surface area contributed by atoms with Gasteiger partial charge in [0, 0.05) is 13.1 Å². The van der Waals surface area contributed by atoms with Gasteiger partial charge in [-0.25, -0.2) is 0 Å². The van der Waals surface area contributed by atoms with Gasteiger partial charge in [0.2, 0.25) is 0 Å². The van der Waals surface area contributed by atoms with Gasteiger partial charge in [0.25, 0.3) is 0 Å². The fourth-order valence-electron chi connectivity index (χ4n) is 2.70. The highest BCUT2D eigenvalue weighted by molar-refractivity contribution is 7.07. The van der Waals surface area contributed by atoms with E-state index in [4.69, 9.17) is 9.15 Å². The molecule has 0 bridgehead atoms. The maximum absolute atomic E-state index is 10.4. The molecule has 4 nitrogen and oxygen atoms in total. The first-order valence-electron chi connectivity index (χ1n) is 8.33. The number of aliphatic hydroxyl groups is 1. The molecule has 5 heteroatoms. The lowest BCUT2D eigenvalue weighted by molar-refractivity contribution is 0.0603. The predicted molar refractivity (Wildman–Crippen MR) is 99.8 cm³/mol. The number of furan rings is 1. The van der Waals surface area contributed by atoms with E-state index in [1.807, 2.05) is 43.3 Å². The number of para-hydroxylation sites is 1. The molecule has 0 fully saturated rings. The number of aliphatic hydroxyl groups excluding tert-OH is 1. The van der Waals surface area contributed by atoms with Crippen molar-refractivity contribution in [2.24, 2.45) is 0 Å². The molecule has 0 aliphatic rings. The van der Waals surface area contributed by atoms with E-state index in [1.54, 1.807) is 17.6 Å². The molecule has 1 unspecified atom stereocenters. The summed E-state index contributed by atoms with van der Waals surface area (Å²) in [7, 11) is 0. The Kier molecular flexibility index (Phi) is 6.28. The minimum absolute atomic E-state index is 0.267. The third kappa shape index (κ3) is 5.46. The van der Waals surface area contributed by atoms with Gasteiger partial charge in [-0.1, -0.05) is 18.2 Å². The van der Waals surface area contributed by atoms with E-state index in [2.05, 4.69) is 21.7 Å². The van der Waals surface area contributed by atoms with Crippen LogP contribution in [-0.2, 0) is 13.1 Å². The van der Waals surface area contributed by atoms with Crippen LogP contribution in [0.15, 0.2) is 63.9 Å². The average Bonchev–Trinajstić information content (AvgIpc) is 3.28. The summed E-state index contributed by atoms with van der Waals surface area (Å²) in [6.45, 7) is 4.21. The Labute approximate surface area is 152 Å². The van der Waals surface area contributed by atoms with Gasteiger partial charge in [0.05, 0.1) is 12.8 Å². The fraction of sp³-hybridized carbons (Fsp3) is 0.300. The minimum atomic E-state index is -0.576. The highest BCUT2D eigenvalue weighted by atomic mass is 32.1. The summed E-state index contributed by atoms with van der Waals surface area (Å²) in [5, 5.41) is 14.6. The normalized spacial score (nSPS) is 12.4. The van der Waals surface area contributed by atoms with Crippen LogP contribution in [0, 0.1) is 6.92 Å². The SMILES string of the molecule is Cc1ccccc1OCC(O)CN(Cc1ccsc1)Cc1ccco1. The van der Waals surface area contributed by atoms with E-state index in [0.29, 0.717) is 13.1 Å². The molecule has 2 aromatic heterocycles. The van der Waals surface area contributed by atoms with Gasteiger partial charge in [-0.15, -0.1) is 0 Å². The first kappa shape index (κ1) is 17.7. The molecule has 0 spiro atoms. The van der Waals surface area contributed by atoms with Crippen LogP contribution < -0.4 is 4.74 Å². The van der Waals surface area contributed by atoms with E-state index >= 15 is 0 Å². The number of nitrogens with zero attached hydrogens (tertiary/aromatic N) is 1. The quantitative estimate of drug-likeness (QED) is 0.626. The molecule has 1 N–H and O–H groups in total. The van der Waals surface area contributed by atoms with Crippen LogP contribution >= 0.6 is 11.3 Å². The molecular weight excluding hydrogens is 334 g/mol. The van der Waals surface area contributed by atoms with E-state index < -0.39 is 6.10 Å². The fourth-order valence-corrected chi connectivity index (χ4v) is 3.36. The smallest absolute Gasteiger partial charge is 0.122 e. The Morgan fingerprint density at radius 3 is 2.76 bits per heavy atom. The number of aryl methyl sites for hydroxylation is 1. The molecular formula is C20H23NO3S. The summed E-state index contributed by atoms with van der Waals surface area (Å²) in [5.41, 5.74) is 2.31. The second-order valence-corrected chi connectivity index (χ2v) is 6.89. The monoisotopic (exact) mass is 357 g/mol. The van der Waals surface area contributed by atoms with Gasteiger partial charge in [0.15, 0.2) is 0 Å². The third-order valence-corrected chi connectivity index (χ3v) is 4.67. The number of ether oxygens (including phenoxy) is 1. The Balaban J connectivity index is 1.57. The Morgan fingerprint density at radius 1 is 1.16 bits per heavy atom. The van der Waals surface area contributed by atoms with E-state index in [0.717, 1.165) is 23.6 Å². The van der Waals surface area contributed by atoms with Crippen molar-refractivity contribution >= 4 is 11.3 Å². The Morgan fingerprint density at radius 2 is 2.04 bits per heavy atom. The van der Waals surface area contributed by atoms with E-state index in [9.17, 15) is 5.11 Å². The molecule has 0 aliphatic carbocycles. The van der Waals surface area contributed by atoms with Crippen molar-refractivity contribution in [3.8, 4) is 5.75 Å². The maximum atomic E-state index is 10.4. The number of thiophene rings is 1. The predicted octanol–water partition coefficient (Wildman–Crippen LogP) is 4.09. The standard InChI is InChI=1S/C20H23NO3S/c1-16-5-2-3-7-20(16)24-14-18(22)12-21(11-17-8-10-25-15-17)13-19-6-4-9-23-19/h2-10,15,18,22H,11-14H2,1H3. The van der Waals surface area contributed by atoms with Crippen LogP contribution in [0.4, 0.5) is 0 Å². The topological polar surface area (TPSA) is 45.8 Å². The van der Waals surface area contributed by atoms with Gasteiger partial charge in [0.1, 0.15) is 24.2 Å². The van der Waals surface area contributed by atoms with Crippen molar-refractivity contribution < 1.29 is 14.3 Å². The zero-order valence-corrected chi connectivity index (χ0v) is 15.1. The van der Waals surface area contributed by atoms with Crippen LogP contribution in [0.2, 0.25) is 0 Å². The van der Waals surface area contributed by atoms with Crippen LogP contribution in [0.25, 0.3) is 0 Å². The molecule has 25 heavy (non-hydrogen) atoms. The van der Waals surface area contributed by atoms with Crippen LogP contribution in [0.1, 0.15) is 16.9 Å². The van der Waals surface area contributed by atoms with Gasteiger partial charge in [-0.05, 0) is 53.1 Å². The summed E-state index contributed by atoms with van der Waals surface area (Å²) in [5.74, 6) is 1.71. The molecule has 0 saturated carbocycles. The van der Waals surface area contributed by atoms with Gasteiger partial charge in [-0.3, -0.25) is 4.90 Å². The van der Waals surface area contributed by atoms with Crippen molar-refractivity contribution in [1.29, 1.82) is 0 Å². The molecule has 2 heterocycles. The molecule has 3 aromatic rings. The highest BCUT2D eigenvalue weighted by Crippen LogP contribution is 2.17. The first-order valence-corrected chi connectivity index (χ1v) is 9.27. The number of hydrogen-bond acceptors (Lipinski definition) is 5. The zero-order chi connectivity index (χ0) is 17.5. The van der Waals surface area contributed by atoms with Crippen LogP contribution in [0.3, 0.4) is 0 Å². The molecule has 0 saturated heterocycles. The van der Waals surface area contributed by atoms with E-state index in [1.165, 1.54) is 5.56 Å². The highest BCUT2D eigenvalue weighted by Gasteiger charge is 2.15. The third-order valence-electron chi connectivity index (χ3n) is 3.94. The lowest BCUT2D eigenvalue weighted by atomic mass is 10.2. The lowest BCUT2D eigenvalue weighted by Gasteiger charge is -2.24. The van der Waals surface area contributed by atoms with Crippen LogP contribution in [-0.4, -0.2) is 29.3 Å². The summed E-state index contributed by atoms with van der Waals surface area (Å²) >= 11 is 1.68. The van der Waals surface area contributed by atoms with Gasteiger partial charge >= 0.3 is 0 Å². The number of benzene rings is 1. The summed E-state index contributed by atoms with van der Waals surface area (Å²) in [4.78, 5) is 2.17. The van der Waals surface area contributed by atoms with Gasteiger partial charge in [-0.2, -0.15) is 11.3 Å². The molecule has 0 radical (unpaired) electrons. The second kappa shape index (κ2) is 8.85. The number of rotatable bonds is 9. The zero-order valence-electron chi connectivity index (χ0n) is 14.3. The van der Waals surface area contributed by atoms with Crippen molar-refractivity contribution in [3.05, 3.63) is 76.4 Å². The van der Waals surface area contributed by atoms with Crippen LogP contribution in [0.5, 0.6) is 5.75 Å². The Bertz CT molecular complexity index is 704. The average molecular weight is 357 g/mol. The molecule has 1 aromatic carbocycles. The molecule has 0 amide bonds. The molecule has 132 valence electrons. The van der Waals surface area contributed by atoms with Crippen molar-refractivity contribution in [2.75, 3.05) is 13.2 Å². The summed E-state index contributed by atoms with van der Waals surface area (Å²) in [6, 6.07) is 13.8.